The maximum Gasteiger partial charge on any atom is 0.417 e. The topological polar surface area (TPSA) is 72.5 Å². The van der Waals surface area contributed by atoms with Gasteiger partial charge in [-0.3, -0.25) is 0 Å². The average Bonchev–Trinajstić information content (AvgIpc) is 2.95. The molecule has 0 amide bonds. The molecule has 4 nitrogen and oxygen atoms in total. The second-order valence-corrected chi connectivity index (χ2v) is 9.25. The molecule has 1 aliphatic carbocycles. The first kappa shape index (κ1) is 21.3. The van der Waals surface area contributed by atoms with Crippen molar-refractivity contribution in [1.29, 1.82) is 0 Å². The molecule has 0 radical (unpaired) electrons. The van der Waals surface area contributed by atoms with E-state index in [-0.39, 0.29) is 11.1 Å². The molecule has 4 rings (SSSR count). The fourth-order valence-electron chi connectivity index (χ4n) is 3.91. The van der Waals surface area contributed by atoms with Crippen LogP contribution in [0.2, 0.25) is 0 Å². The summed E-state index contributed by atoms with van der Waals surface area (Å²) in [5.41, 5.74) is 3.33. The molecule has 0 heterocycles. The number of aryl methyl sites for hydroxylation is 3. The molecule has 2 N–H and O–H groups in total. The van der Waals surface area contributed by atoms with Crippen molar-refractivity contribution in [2.45, 2.75) is 31.8 Å². The lowest BCUT2D eigenvalue weighted by Crippen LogP contribution is -2.16. The zero-order valence-electron chi connectivity index (χ0n) is 17.0. The second-order valence-electron chi connectivity index (χ2n) is 7.69. The third kappa shape index (κ3) is 3.66. The number of hydrogen-bond acceptors (Lipinski definition) is 3. The highest BCUT2D eigenvalue weighted by Crippen LogP contribution is 2.47. The third-order valence-electron chi connectivity index (χ3n) is 5.36. The molecule has 0 unspecified atom stereocenters. The predicted octanol–water partition coefficient (Wildman–Crippen LogP) is 5.43. The zero-order chi connectivity index (χ0) is 22.7. The van der Waals surface area contributed by atoms with Gasteiger partial charge in [-0.25, -0.2) is 18.5 Å². The normalized spacial score (nSPS) is 14.6. The maximum atomic E-state index is 14.0. The third-order valence-corrected chi connectivity index (χ3v) is 6.26. The second kappa shape index (κ2) is 7.03. The molecule has 0 fully saturated rings. The molecule has 0 saturated heterocycles. The highest BCUT2D eigenvalue weighted by molar-refractivity contribution is 7.89. The van der Waals surface area contributed by atoms with Gasteiger partial charge in [0.25, 0.3) is 0 Å². The fourth-order valence-corrected chi connectivity index (χ4v) is 4.48. The van der Waals surface area contributed by atoms with Gasteiger partial charge in [-0.15, -0.1) is 0 Å². The van der Waals surface area contributed by atoms with Crippen LogP contribution in [0.3, 0.4) is 0 Å². The Kier molecular flexibility index (Phi) is 4.83. The minimum absolute atomic E-state index is 0.0834. The Balaban J connectivity index is 2.16. The van der Waals surface area contributed by atoms with Gasteiger partial charge in [-0.2, -0.15) is 13.2 Å². The van der Waals surface area contributed by atoms with E-state index >= 15 is 0 Å². The van der Waals surface area contributed by atoms with Crippen molar-refractivity contribution in [3.8, 4) is 11.1 Å². The summed E-state index contributed by atoms with van der Waals surface area (Å²) >= 11 is 0. The lowest BCUT2D eigenvalue weighted by atomic mass is 9.98. The number of fused-ring (bicyclic) bond motifs is 3. The van der Waals surface area contributed by atoms with Crippen LogP contribution in [-0.4, -0.2) is 14.1 Å². The molecule has 3 aromatic rings. The average molecular weight is 444 g/mol. The molecule has 0 atom stereocenters. The summed E-state index contributed by atoms with van der Waals surface area (Å²) < 4.78 is 65.9. The highest BCUT2D eigenvalue weighted by atomic mass is 32.2. The Labute approximate surface area is 178 Å². The number of hydrogen-bond donors (Lipinski definition) is 1. The molecular weight excluding hydrogens is 425 g/mol. The van der Waals surface area contributed by atoms with E-state index in [1.54, 1.807) is 18.2 Å². The van der Waals surface area contributed by atoms with Gasteiger partial charge in [0.05, 0.1) is 21.9 Å². The van der Waals surface area contributed by atoms with Crippen molar-refractivity contribution in [2.24, 2.45) is 10.1 Å². The van der Waals surface area contributed by atoms with E-state index in [4.69, 9.17) is 10.1 Å². The van der Waals surface area contributed by atoms with Crippen molar-refractivity contribution < 1.29 is 21.6 Å². The van der Waals surface area contributed by atoms with Crippen molar-refractivity contribution >= 4 is 21.4 Å². The van der Waals surface area contributed by atoms with Crippen molar-refractivity contribution in [1.82, 2.24) is 0 Å². The Morgan fingerprint density at radius 1 is 0.871 bits per heavy atom. The standard InChI is InChI=1S/C23H19F3N2O2S/c1-12-7-8-16-17(9-12)22(28-21-13(2)5-4-6-14(21)3)18-10-15(31(27,29)30)11-19(20(16)18)23(24,25)26/h4-11H,1-3H3,(H2,27,29,30). The van der Waals surface area contributed by atoms with E-state index < -0.39 is 26.7 Å². The van der Waals surface area contributed by atoms with Crippen LogP contribution in [-0.2, 0) is 16.2 Å². The zero-order valence-corrected chi connectivity index (χ0v) is 17.8. The largest absolute Gasteiger partial charge is 0.417 e. The van der Waals surface area contributed by atoms with Gasteiger partial charge in [0.1, 0.15) is 0 Å². The van der Waals surface area contributed by atoms with Gasteiger partial charge in [-0.05, 0) is 55.7 Å². The Bertz CT molecular complexity index is 1350. The van der Waals surface area contributed by atoms with Crippen LogP contribution in [0, 0.1) is 20.8 Å². The molecule has 0 aliphatic heterocycles. The van der Waals surface area contributed by atoms with E-state index in [1.807, 2.05) is 39.0 Å². The van der Waals surface area contributed by atoms with Crippen LogP contribution in [0.25, 0.3) is 11.1 Å². The molecule has 160 valence electrons. The van der Waals surface area contributed by atoms with Crippen LogP contribution in [0.1, 0.15) is 33.4 Å². The summed E-state index contributed by atoms with van der Waals surface area (Å²) in [6.45, 7) is 5.56. The number of alkyl halides is 3. The summed E-state index contributed by atoms with van der Waals surface area (Å²) in [6, 6.07) is 12.5. The minimum atomic E-state index is -4.78. The smallest absolute Gasteiger partial charge is 0.247 e. The molecule has 0 spiro atoms. The summed E-state index contributed by atoms with van der Waals surface area (Å²) in [5.74, 6) is 0. The van der Waals surface area contributed by atoms with Crippen molar-refractivity contribution in [3.05, 3.63) is 81.9 Å². The van der Waals surface area contributed by atoms with Crippen molar-refractivity contribution in [3.63, 3.8) is 0 Å². The monoisotopic (exact) mass is 444 g/mol. The summed E-state index contributed by atoms with van der Waals surface area (Å²) in [6.07, 6.45) is -4.78. The van der Waals surface area contributed by atoms with E-state index in [1.165, 1.54) is 6.07 Å². The van der Waals surface area contributed by atoms with Crippen LogP contribution >= 0.6 is 0 Å². The first-order valence-corrected chi connectivity index (χ1v) is 11.0. The molecule has 3 aromatic carbocycles. The van der Waals surface area contributed by atoms with E-state index in [0.29, 0.717) is 28.6 Å². The first-order chi connectivity index (χ1) is 14.4. The number of sulfonamides is 1. The minimum Gasteiger partial charge on any atom is -0.247 e. The summed E-state index contributed by atoms with van der Waals surface area (Å²) in [5, 5.41) is 5.20. The number of para-hydroxylation sites is 1. The Hall–Kier alpha value is -2.97. The Morgan fingerprint density at radius 2 is 1.52 bits per heavy atom. The molecule has 0 aromatic heterocycles. The highest BCUT2D eigenvalue weighted by Gasteiger charge is 2.40. The number of aliphatic imine (C=N–C) groups is 1. The number of nitrogens with zero attached hydrogens (tertiary/aromatic N) is 1. The number of primary sulfonamides is 1. The lowest BCUT2D eigenvalue weighted by molar-refractivity contribution is -0.137. The van der Waals surface area contributed by atoms with Gasteiger partial charge < -0.3 is 0 Å². The van der Waals surface area contributed by atoms with E-state index in [2.05, 4.69) is 0 Å². The van der Waals surface area contributed by atoms with E-state index in [0.717, 1.165) is 16.7 Å². The number of halogens is 3. The van der Waals surface area contributed by atoms with Gasteiger partial charge in [0, 0.05) is 16.7 Å². The Morgan fingerprint density at radius 3 is 2.10 bits per heavy atom. The molecule has 8 heteroatoms. The number of benzene rings is 3. The van der Waals surface area contributed by atoms with Crippen molar-refractivity contribution in [2.75, 3.05) is 0 Å². The molecule has 31 heavy (non-hydrogen) atoms. The number of rotatable bonds is 2. The van der Waals surface area contributed by atoms with Gasteiger partial charge >= 0.3 is 6.18 Å². The first-order valence-electron chi connectivity index (χ1n) is 9.42. The van der Waals surface area contributed by atoms with Gasteiger partial charge in [0.2, 0.25) is 10.0 Å². The SMILES string of the molecule is Cc1ccc2c(c1)C(=Nc1c(C)cccc1C)c1cc(S(N)(=O)=O)cc(C(F)(F)F)c1-2. The predicted molar refractivity (Wildman–Crippen MR) is 114 cm³/mol. The van der Waals surface area contributed by atoms with Gasteiger partial charge in [0.15, 0.2) is 0 Å². The summed E-state index contributed by atoms with van der Waals surface area (Å²) in [4.78, 5) is 4.14. The maximum absolute atomic E-state index is 14.0. The molecule has 0 bridgehead atoms. The van der Waals surface area contributed by atoms with Crippen LogP contribution in [0.4, 0.5) is 18.9 Å². The van der Waals surface area contributed by atoms with Crippen LogP contribution < -0.4 is 5.14 Å². The number of nitrogens with two attached hydrogens (primary N) is 1. The fraction of sp³-hybridized carbons (Fsp3) is 0.174. The lowest BCUT2D eigenvalue weighted by Gasteiger charge is -2.14. The summed E-state index contributed by atoms with van der Waals surface area (Å²) in [7, 11) is -4.37. The van der Waals surface area contributed by atoms with Gasteiger partial charge in [-0.1, -0.05) is 35.9 Å². The molecule has 1 aliphatic rings. The van der Waals surface area contributed by atoms with Crippen LogP contribution in [0.5, 0.6) is 0 Å². The van der Waals surface area contributed by atoms with E-state index in [9.17, 15) is 21.6 Å². The van der Waals surface area contributed by atoms with Crippen LogP contribution in [0.15, 0.2) is 58.4 Å². The molecule has 0 saturated carbocycles. The molecular formula is C23H19F3N2O2S. The quantitative estimate of drug-likeness (QED) is 0.448.